The topological polar surface area (TPSA) is 0 Å². The second-order valence-electron chi connectivity index (χ2n) is 12.8. The van der Waals surface area contributed by atoms with Gasteiger partial charge in [0.1, 0.15) is 0 Å². The van der Waals surface area contributed by atoms with Gasteiger partial charge in [-0.2, -0.15) is 0 Å². The fourth-order valence-electron chi connectivity index (χ4n) is 8.22. The van der Waals surface area contributed by atoms with Gasteiger partial charge >= 0.3 is 0 Å². The lowest BCUT2D eigenvalue weighted by molar-refractivity contribution is 1.67. The minimum Gasteiger partial charge on any atom is -0.135 e. The number of thiophene rings is 2. The van der Waals surface area contributed by atoms with E-state index in [0.29, 0.717) is 0 Å². The van der Waals surface area contributed by atoms with Gasteiger partial charge in [-0.15, -0.1) is 22.7 Å². The number of rotatable bonds is 2. The first-order valence-corrected chi connectivity index (χ1v) is 18.1. The molecule has 11 rings (SSSR count). The second-order valence-corrected chi connectivity index (χ2v) is 14.9. The molecule has 0 saturated carbocycles. The zero-order valence-electron chi connectivity index (χ0n) is 25.8. The van der Waals surface area contributed by atoms with Crippen molar-refractivity contribution in [3.63, 3.8) is 0 Å². The first-order valence-electron chi connectivity index (χ1n) is 16.4. The zero-order chi connectivity index (χ0) is 31.3. The van der Waals surface area contributed by atoms with Crippen molar-refractivity contribution >= 4 is 106 Å². The summed E-state index contributed by atoms with van der Waals surface area (Å²) in [4.78, 5) is 0. The molecule has 0 aliphatic carbocycles. The molecule has 0 fully saturated rings. The third-order valence-electron chi connectivity index (χ3n) is 10.2. The molecule has 0 amide bonds. The van der Waals surface area contributed by atoms with E-state index in [0.717, 1.165) is 0 Å². The average molecular weight is 643 g/mol. The number of hydrogen-bond acceptors (Lipinski definition) is 2. The monoisotopic (exact) mass is 642 g/mol. The molecule has 0 N–H and O–H groups in total. The SMILES string of the molecule is c1ccc(-c2c3ccccc3c(-c3cc4sc5cc6sc7ccc8ccccc8c7c6cc5c4c4ccccc34)c3ccccc23)cc1. The van der Waals surface area contributed by atoms with Crippen molar-refractivity contribution in [1.82, 2.24) is 0 Å². The van der Waals surface area contributed by atoms with Crippen LogP contribution < -0.4 is 0 Å². The van der Waals surface area contributed by atoms with Crippen molar-refractivity contribution in [3.8, 4) is 22.3 Å². The highest BCUT2D eigenvalue weighted by Crippen LogP contribution is 2.50. The van der Waals surface area contributed by atoms with E-state index in [2.05, 4.69) is 158 Å². The van der Waals surface area contributed by atoms with Gasteiger partial charge in [0.15, 0.2) is 0 Å². The molecule has 0 saturated heterocycles. The maximum Gasteiger partial charge on any atom is 0.0370 e. The van der Waals surface area contributed by atoms with E-state index in [4.69, 9.17) is 0 Å². The number of fused-ring (bicyclic) bond motifs is 12. The van der Waals surface area contributed by atoms with Gasteiger partial charge in [-0.25, -0.2) is 0 Å². The predicted octanol–water partition coefficient (Wildman–Crippen LogP) is 14.4. The Balaban J connectivity index is 1.27. The number of benzene rings is 9. The summed E-state index contributed by atoms with van der Waals surface area (Å²) in [7, 11) is 0. The molecule has 0 radical (unpaired) electrons. The Morgan fingerprint density at radius 2 is 0.812 bits per heavy atom. The van der Waals surface area contributed by atoms with Gasteiger partial charge in [0, 0.05) is 40.3 Å². The molecule has 0 atom stereocenters. The first kappa shape index (κ1) is 26.5. The molecule has 0 aliphatic rings. The van der Waals surface area contributed by atoms with E-state index in [9.17, 15) is 0 Å². The minimum atomic E-state index is 1.25. The van der Waals surface area contributed by atoms with E-state index in [-0.39, 0.29) is 0 Å². The Bertz CT molecular complexity index is 3050. The fraction of sp³-hybridized carbons (Fsp3) is 0. The van der Waals surface area contributed by atoms with Gasteiger partial charge in [0.05, 0.1) is 0 Å². The van der Waals surface area contributed by atoms with Gasteiger partial charge in [-0.1, -0.05) is 133 Å². The summed E-state index contributed by atoms with van der Waals surface area (Å²) in [5, 5.41) is 15.9. The highest BCUT2D eigenvalue weighted by Gasteiger charge is 2.21. The normalized spacial score (nSPS) is 12.2. The molecule has 9 aromatic carbocycles. The second kappa shape index (κ2) is 9.98. The summed E-state index contributed by atoms with van der Waals surface area (Å²) in [6.45, 7) is 0. The predicted molar refractivity (Wildman–Crippen MR) is 213 cm³/mol. The highest BCUT2D eigenvalue weighted by molar-refractivity contribution is 7.28. The van der Waals surface area contributed by atoms with Crippen molar-refractivity contribution in [1.29, 1.82) is 0 Å². The Morgan fingerprint density at radius 3 is 1.50 bits per heavy atom. The van der Waals surface area contributed by atoms with Gasteiger partial charge < -0.3 is 0 Å². The van der Waals surface area contributed by atoms with Crippen molar-refractivity contribution in [2.75, 3.05) is 0 Å². The quantitative estimate of drug-likeness (QED) is 0.165. The van der Waals surface area contributed by atoms with Gasteiger partial charge in [0.25, 0.3) is 0 Å². The molecule has 0 bridgehead atoms. The summed E-state index contributed by atoms with van der Waals surface area (Å²) in [5.41, 5.74) is 5.17. The van der Waals surface area contributed by atoms with Crippen molar-refractivity contribution in [3.05, 3.63) is 158 Å². The van der Waals surface area contributed by atoms with Crippen molar-refractivity contribution in [2.45, 2.75) is 0 Å². The molecule has 0 aliphatic heterocycles. The molecule has 0 nitrogen and oxygen atoms in total. The van der Waals surface area contributed by atoms with Gasteiger partial charge in [0.2, 0.25) is 0 Å². The summed E-state index contributed by atoms with van der Waals surface area (Å²) in [5.74, 6) is 0. The lowest BCUT2D eigenvalue weighted by Crippen LogP contribution is -1.91. The van der Waals surface area contributed by atoms with Crippen LogP contribution in [0.1, 0.15) is 0 Å². The lowest BCUT2D eigenvalue weighted by atomic mass is 9.84. The minimum absolute atomic E-state index is 1.25. The maximum atomic E-state index is 2.49. The van der Waals surface area contributed by atoms with Crippen LogP contribution in [-0.2, 0) is 0 Å². The molecule has 2 heterocycles. The van der Waals surface area contributed by atoms with Crippen LogP contribution in [0.15, 0.2) is 158 Å². The highest BCUT2D eigenvalue weighted by atomic mass is 32.1. The van der Waals surface area contributed by atoms with E-state index < -0.39 is 0 Å². The fourth-order valence-corrected chi connectivity index (χ4v) is 10.6. The van der Waals surface area contributed by atoms with Crippen LogP contribution in [0.2, 0.25) is 0 Å². The van der Waals surface area contributed by atoms with Crippen LogP contribution in [0.5, 0.6) is 0 Å². The average Bonchev–Trinajstić information content (AvgIpc) is 3.70. The molecular weight excluding hydrogens is 617 g/mol. The number of hydrogen-bond donors (Lipinski definition) is 0. The molecule has 0 spiro atoms. The largest absolute Gasteiger partial charge is 0.135 e. The van der Waals surface area contributed by atoms with E-state index >= 15 is 0 Å². The van der Waals surface area contributed by atoms with E-state index in [1.807, 2.05) is 22.7 Å². The molecule has 48 heavy (non-hydrogen) atoms. The molecule has 0 unspecified atom stereocenters. The van der Waals surface area contributed by atoms with E-state index in [1.165, 1.54) is 106 Å². The van der Waals surface area contributed by atoms with Crippen LogP contribution in [0.3, 0.4) is 0 Å². The zero-order valence-corrected chi connectivity index (χ0v) is 27.5. The molecule has 11 aromatic rings. The first-order chi connectivity index (χ1) is 23.8. The van der Waals surface area contributed by atoms with Crippen molar-refractivity contribution in [2.24, 2.45) is 0 Å². The van der Waals surface area contributed by atoms with Gasteiger partial charge in [-0.3, -0.25) is 0 Å². The van der Waals surface area contributed by atoms with Crippen molar-refractivity contribution < 1.29 is 0 Å². The standard InChI is InChI=1S/C46H26S2/c1-2-13-28(14-3-1)43-32-18-8-10-20-34(32)44(35-21-11-9-19-33(35)43)36-25-42-46(31-17-7-6-16-30(31)36)38-24-37-40(26-41(38)48-42)47-39-23-22-27-12-4-5-15-29(27)45(37)39/h1-26H. The maximum absolute atomic E-state index is 2.49. The molecule has 2 heteroatoms. The summed E-state index contributed by atoms with van der Waals surface area (Å²) in [6, 6.07) is 58.7. The van der Waals surface area contributed by atoms with E-state index in [1.54, 1.807) is 0 Å². The third-order valence-corrected chi connectivity index (χ3v) is 12.4. The van der Waals surface area contributed by atoms with Gasteiger partial charge in [-0.05, 0) is 89.6 Å². The lowest BCUT2D eigenvalue weighted by Gasteiger charge is -2.19. The summed E-state index contributed by atoms with van der Waals surface area (Å²) < 4.78 is 5.41. The summed E-state index contributed by atoms with van der Waals surface area (Å²) in [6.07, 6.45) is 0. The van der Waals surface area contributed by atoms with Crippen LogP contribution in [0, 0.1) is 0 Å². The smallest absolute Gasteiger partial charge is 0.0370 e. The Kier molecular flexibility index (Phi) is 5.51. The Hall–Kier alpha value is -5.54. The Morgan fingerprint density at radius 1 is 0.292 bits per heavy atom. The van der Waals surface area contributed by atoms with Crippen LogP contribution in [-0.4, -0.2) is 0 Å². The summed E-state index contributed by atoms with van der Waals surface area (Å²) >= 11 is 3.85. The van der Waals surface area contributed by atoms with Crippen LogP contribution in [0.4, 0.5) is 0 Å². The molecule has 2 aromatic heterocycles. The van der Waals surface area contributed by atoms with Crippen LogP contribution >= 0.6 is 22.7 Å². The molecular formula is C46H26S2. The Labute approximate surface area is 284 Å². The third kappa shape index (κ3) is 3.65. The molecule has 222 valence electrons. The van der Waals surface area contributed by atoms with Crippen LogP contribution in [0.25, 0.3) is 106 Å².